The standard InChI is InChI=1S/C14H14F3N3OS/c15-14(16,17)9-7-22-6-8(9)13(21)18-5-12-19-10-3-1-2-4-11(10)20-12/h6-7H,1-5H2,(H,18,21)(H,19,20). The normalized spacial score (nSPS) is 14.7. The van der Waals surface area contributed by atoms with E-state index in [0.29, 0.717) is 5.82 Å². The average molecular weight is 329 g/mol. The fraction of sp³-hybridized carbons (Fsp3) is 0.429. The number of H-pyrrole nitrogens is 1. The number of thiophene rings is 1. The first-order chi connectivity index (χ1) is 10.4. The Kier molecular flexibility index (Phi) is 3.94. The number of hydrogen-bond acceptors (Lipinski definition) is 3. The average Bonchev–Trinajstić information content (AvgIpc) is 3.10. The molecule has 1 amide bonds. The number of imidazole rings is 1. The molecule has 0 saturated heterocycles. The lowest BCUT2D eigenvalue weighted by Gasteiger charge is -2.08. The second kappa shape index (κ2) is 5.75. The zero-order chi connectivity index (χ0) is 15.7. The lowest BCUT2D eigenvalue weighted by Crippen LogP contribution is -2.25. The van der Waals surface area contributed by atoms with Crippen LogP contribution in [0.3, 0.4) is 0 Å². The summed E-state index contributed by atoms with van der Waals surface area (Å²) in [5, 5.41) is 4.66. The number of aromatic nitrogens is 2. The first-order valence-electron chi connectivity index (χ1n) is 6.93. The summed E-state index contributed by atoms with van der Waals surface area (Å²) in [6, 6.07) is 0. The molecule has 2 N–H and O–H groups in total. The van der Waals surface area contributed by atoms with Crippen molar-refractivity contribution in [3.8, 4) is 0 Å². The Hall–Kier alpha value is -1.83. The minimum absolute atomic E-state index is 0.0962. The molecule has 0 saturated carbocycles. The SMILES string of the molecule is O=C(NCc1nc2c([nH]1)CCCC2)c1cscc1C(F)(F)F. The predicted molar refractivity (Wildman–Crippen MR) is 75.7 cm³/mol. The Morgan fingerprint density at radius 2 is 2.09 bits per heavy atom. The van der Waals surface area contributed by atoms with E-state index in [-0.39, 0.29) is 12.1 Å². The molecule has 8 heteroatoms. The van der Waals surface area contributed by atoms with Crippen molar-refractivity contribution in [2.75, 3.05) is 0 Å². The molecule has 118 valence electrons. The molecule has 0 spiro atoms. The van der Waals surface area contributed by atoms with Crippen LogP contribution in [-0.2, 0) is 25.6 Å². The zero-order valence-electron chi connectivity index (χ0n) is 11.6. The quantitative estimate of drug-likeness (QED) is 0.908. The van der Waals surface area contributed by atoms with Gasteiger partial charge in [-0.3, -0.25) is 4.79 Å². The van der Waals surface area contributed by atoms with Crippen LogP contribution < -0.4 is 5.32 Å². The van der Waals surface area contributed by atoms with Crippen LogP contribution in [0.1, 0.15) is 46.0 Å². The van der Waals surface area contributed by atoms with Crippen molar-refractivity contribution in [1.29, 1.82) is 0 Å². The minimum atomic E-state index is -4.52. The Balaban J connectivity index is 1.68. The van der Waals surface area contributed by atoms with Gasteiger partial charge in [-0.25, -0.2) is 4.98 Å². The highest BCUT2D eigenvalue weighted by molar-refractivity contribution is 7.08. The number of aryl methyl sites for hydroxylation is 2. The number of rotatable bonds is 3. The van der Waals surface area contributed by atoms with E-state index in [0.717, 1.165) is 53.8 Å². The minimum Gasteiger partial charge on any atom is -0.345 e. The van der Waals surface area contributed by atoms with Gasteiger partial charge in [0.1, 0.15) is 5.82 Å². The Labute approximate surface area is 128 Å². The molecular weight excluding hydrogens is 315 g/mol. The first kappa shape index (κ1) is 15.1. The monoisotopic (exact) mass is 329 g/mol. The molecule has 0 unspecified atom stereocenters. The van der Waals surface area contributed by atoms with Crippen molar-refractivity contribution in [2.24, 2.45) is 0 Å². The van der Waals surface area contributed by atoms with E-state index in [1.807, 2.05) is 0 Å². The van der Waals surface area contributed by atoms with Gasteiger partial charge in [0.2, 0.25) is 0 Å². The molecule has 0 aromatic carbocycles. The molecule has 1 aliphatic carbocycles. The van der Waals surface area contributed by atoms with Crippen LogP contribution in [-0.4, -0.2) is 15.9 Å². The summed E-state index contributed by atoms with van der Waals surface area (Å²) in [6.45, 7) is 0.0962. The summed E-state index contributed by atoms with van der Waals surface area (Å²) < 4.78 is 38.3. The third-order valence-corrected chi connectivity index (χ3v) is 4.38. The van der Waals surface area contributed by atoms with Crippen LogP contribution in [0, 0.1) is 0 Å². The summed E-state index contributed by atoms with van der Waals surface area (Å²) >= 11 is 0.861. The highest BCUT2D eigenvalue weighted by Crippen LogP contribution is 2.34. The molecular formula is C14H14F3N3OS. The summed E-state index contributed by atoms with van der Waals surface area (Å²) in [7, 11) is 0. The highest BCUT2D eigenvalue weighted by Gasteiger charge is 2.36. The predicted octanol–water partition coefficient (Wildman–Crippen LogP) is 3.30. The van der Waals surface area contributed by atoms with Gasteiger partial charge in [0.15, 0.2) is 0 Å². The fourth-order valence-electron chi connectivity index (χ4n) is 2.55. The highest BCUT2D eigenvalue weighted by atomic mass is 32.1. The van der Waals surface area contributed by atoms with Crippen molar-refractivity contribution in [2.45, 2.75) is 38.4 Å². The van der Waals surface area contributed by atoms with Crippen LogP contribution >= 0.6 is 11.3 Å². The van der Waals surface area contributed by atoms with Crippen LogP contribution in [0.5, 0.6) is 0 Å². The van der Waals surface area contributed by atoms with Gasteiger partial charge in [0, 0.05) is 16.5 Å². The van der Waals surface area contributed by atoms with Gasteiger partial charge in [-0.2, -0.15) is 24.5 Å². The van der Waals surface area contributed by atoms with Gasteiger partial charge in [0.25, 0.3) is 5.91 Å². The van der Waals surface area contributed by atoms with E-state index < -0.39 is 17.6 Å². The van der Waals surface area contributed by atoms with Gasteiger partial charge in [-0.1, -0.05) is 0 Å². The molecule has 0 atom stereocenters. The summed E-state index contributed by atoms with van der Waals surface area (Å²) in [4.78, 5) is 19.5. The largest absolute Gasteiger partial charge is 0.417 e. The number of carbonyl (C=O) groups is 1. The Bertz CT molecular complexity index is 666. The molecule has 2 aromatic rings. The molecule has 3 rings (SSSR count). The topological polar surface area (TPSA) is 57.8 Å². The molecule has 2 heterocycles. The van der Waals surface area contributed by atoms with Crippen molar-refractivity contribution < 1.29 is 18.0 Å². The van der Waals surface area contributed by atoms with Gasteiger partial charge >= 0.3 is 6.18 Å². The van der Waals surface area contributed by atoms with E-state index in [1.165, 1.54) is 5.38 Å². The molecule has 22 heavy (non-hydrogen) atoms. The lowest BCUT2D eigenvalue weighted by atomic mass is 10.0. The second-order valence-corrected chi connectivity index (χ2v) is 5.94. The smallest absolute Gasteiger partial charge is 0.345 e. The number of alkyl halides is 3. The van der Waals surface area contributed by atoms with Crippen molar-refractivity contribution in [1.82, 2.24) is 15.3 Å². The van der Waals surface area contributed by atoms with Gasteiger partial charge in [0.05, 0.1) is 23.4 Å². The number of hydrogen-bond donors (Lipinski definition) is 2. The maximum atomic E-state index is 12.8. The van der Waals surface area contributed by atoms with Crippen molar-refractivity contribution in [3.63, 3.8) is 0 Å². The van der Waals surface area contributed by atoms with Gasteiger partial charge in [-0.05, 0) is 25.7 Å². The molecule has 0 bridgehead atoms. The number of nitrogens with zero attached hydrogens (tertiary/aromatic N) is 1. The van der Waals surface area contributed by atoms with E-state index in [4.69, 9.17) is 0 Å². The number of aromatic amines is 1. The van der Waals surface area contributed by atoms with Crippen LogP contribution in [0.2, 0.25) is 0 Å². The maximum Gasteiger partial charge on any atom is 0.417 e. The van der Waals surface area contributed by atoms with E-state index in [9.17, 15) is 18.0 Å². The first-order valence-corrected chi connectivity index (χ1v) is 7.87. The molecule has 0 radical (unpaired) electrons. The number of carbonyl (C=O) groups excluding carboxylic acids is 1. The Morgan fingerprint density at radius 3 is 2.82 bits per heavy atom. The zero-order valence-corrected chi connectivity index (χ0v) is 12.4. The third kappa shape index (κ3) is 3.01. The van der Waals surface area contributed by atoms with Gasteiger partial charge < -0.3 is 10.3 Å². The van der Waals surface area contributed by atoms with E-state index in [1.54, 1.807) is 0 Å². The van der Waals surface area contributed by atoms with E-state index >= 15 is 0 Å². The number of fused-ring (bicyclic) bond motifs is 1. The number of amides is 1. The van der Waals surface area contributed by atoms with Crippen LogP contribution in [0.25, 0.3) is 0 Å². The van der Waals surface area contributed by atoms with Crippen molar-refractivity contribution >= 4 is 17.2 Å². The molecule has 2 aromatic heterocycles. The Morgan fingerprint density at radius 1 is 1.32 bits per heavy atom. The summed E-state index contributed by atoms with van der Waals surface area (Å²) in [5.74, 6) is -0.146. The molecule has 4 nitrogen and oxygen atoms in total. The summed E-state index contributed by atoms with van der Waals surface area (Å²) in [6.07, 6.45) is -0.490. The second-order valence-electron chi connectivity index (χ2n) is 5.20. The number of nitrogens with one attached hydrogen (secondary N) is 2. The third-order valence-electron chi connectivity index (χ3n) is 3.63. The van der Waals surface area contributed by atoms with Crippen LogP contribution in [0.15, 0.2) is 10.8 Å². The van der Waals surface area contributed by atoms with Crippen molar-refractivity contribution in [3.05, 3.63) is 39.1 Å². The van der Waals surface area contributed by atoms with Gasteiger partial charge in [-0.15, -0.1) is 0 Å². The maximum absolute atomic E-state index is 12.8. The molecule has 0 fully saturated rings. The summed E-state index contributed by atoms with van der Waals surface area (Å²) in [5.41, 5.74) is 0.839. The van der Waals surface area contributed by atoms with Crippen LogP contribution in [0.4, 0.5) is 13.2 Å². The number of halogens is 3. The molecule has 1 aliphatic rings. The lowest BCUT2D eigenvalue weighted by molar-refractivity contribution is -0.137. The van der Waals surface area contributed by atoms with E-state index in [2.05, 4.69) is 15.3 Å². The fourth-order valence-corrected chi connectivity index (χ4v) is 3.38. The molecule has 0 aliphatic heterocycles.